The predicted molar refractivity (Wildman–Crippen MR) is 134 cm³/mol. The molecule has 0 spiro atoms. The van der Waals surface area contributed by atoms with Crippen LogP contribution in [0, 0.1) is 0 Å². The van der Waals surface area contributed by atoms with E-state index in [9.17, 15) is 9.90 Å². The Morgan fingerprint density at radius 3 is 2.54 bits per heavy atom. The summed E-state index contributed by atoms with van der Waals surface area (Å²) >= 11 is 0. The highest BCUT2D eigenvalue weighted by atomic mass is 16.5. The Balaban J connectivity index is 0.000000568. The van der Waals surface area contributed by atoms with Gasteiger partial charge in [0.05, 0.1) is 25.0 Å². The molecule has 3 aromatic rings. The molecule has 37 heavy (non-hydrogen) atoms. The third-order valence-electron chi connectivity index (χ3n) is 5.83. The lowest BCUT2D eigenvalue weighted by molar-refractivity contribution is -0.159. The fraction of sp³-hybridized carbons (Fsp3) is 0.308. The number of benzene rings is 1. The first-order valence-corrected chi connectivity index (χ1v) is 11.6. The minimum atomic E-state index is -1.82. The van der Waals surface area contributed by atoms with Crippen LogP contribution >= 0.6 is 0 Å². The van der Waals surface area contributed by atoms with Gasteiger partial charge in [-0.1, -0.05) is 0 Å². The molecular formula is C26H29N3O8. The lowest BCUT2D eigenvalue weighted by atomic mass is 10.0. The molecule has 1 aliphatic rings. The number of hydrogen-bond donors (Lipinski definition) is 4. The molecular weight excluding hydrogens is 482 g/mol. The van der Waals surface area contributed by atoms with Gasteiger partial charge in [0.15, 0.2) is 0 Å². The maximum Gasteiger partial charge on any atom is 0.414 e. The molecule has 11 heteroatoms. The number of furan rings is 1. The van der Waals surface area contributed by atoms with Crippen molar-refractivity contribution < 1.29 is 38.9 Å². The van der Waals surface area contributed by atoms with Gasteiger partial charge in [-0.25, -0.2) is 9.59 Å². The number of aliphatic hydroxyl groups is 1. The zero-order valence-corrected chi connectivity index (χ0v) is 20.2. The Bertz CT molecular complexity index is 1220. The van der Waals surface area contributed by atoms with Crippen LogP contribution in [0.1, 0.15) is 30.3 Å². The second kappa shape index (κ2) is 13.2. The molecule has 0 aliphatic carbocycles. The van der Waals surface area contributed by atoms with Crippen LogP contribution in [0.4, 0.5) is 0 Å². The van der Waals surface area contributed by atoms with E-state index < -0.39 is 18.0 Å². The molecule has 1 fully saturated rings. The molecule has 1 atom stereocenters. The number of amides is 1. The number of aromatic nitrogens is 1. The van der Waals surface area contributed by atoms with E-state index in [0.717, 1.165) is 48.1 Å². The van der Waals surface area contributed by atoms with Gasteiger partial charge in [-0.05, 0) is 60.9 Å². The summed E-state index contributed by atoms with van der Waals surface area (Å²) in [6.07, 6.45) is 7.53. The van der Waals surface area contributed by atoms with Gasteiger partial charge in [0.1, 0.15) is 11.5 Å². The minimum absolute atomic E-state index is 0.118. The number of nitrogens with zero attached hydrogens (tertiary/aromatic N) is 2. The molecule has 196 valence electrons. The van der Waals surface area contributed by atoms with Gasteiger partial charge in [-0.3, -0.25) is 9.78 Å². The summed E-state index contributed by atoms with van der Waals surface area (Å²) in [5.74, 6) is -2.37. The first kappa shape index (κ1) is 27.4. The Hall–Kier alpha value is -4.22. The smallest absolute Gasteiger partial charge is 0.414 e. The number of hydrogen-bond acceptors (Lipinski definition) is 8. The van der Waals surface area contributed by atoms with Gasteiger partial charge in [0.25, 0.3) is 0 Å². The Kier molecular flexibility index (Phi) is 9.76. The molecule has 4 N–H and O–H groups in total. The topological polar surface area (TPSA) is 162 Å². The number of nitrogens with one attached hydrogen (secondary N) is 1. The van der Waals surface area contributed by atoms with E-state index in [4.69, 9.17) is 29.0 Å². The van der Waals surface area contributed by atoms with Crippen molar-refractivity contribution in [3.05, 3.63) is 66.3 Å². The SMILES string of the molecule is COc1ccc2nccc([C@@H](O)CN3CCC(NC(=O)C=Cc4ccco4)CC3)c2c1.O=C(O)C(=O)O. The first-order chi connectivity index (χ1) is 17.8. The number of ether oxygens (including phenoxy) is 1. The minimum Gasteiger partial charge on any atom is -0.497 e. The van der Waals surface area contributed by atoms with Gasteiger partial charge in [0.2, 0.25) is 5.91 Å². The molecule has 1 aromatic carbocycles. The van der Waals surface area contributed by atoms with Crippen molar-refractivity contribution in [1.82, 2.24) is 15.2 Å². The summed E-state index contributed by atoms with van der Waals surface area (Å²) in [6.45, 7) is 2.17. The van der Waals surface area contributed by atoms with Crippen molar-refractivity contribution in [3.63, 3.8) is 0 Å². The van der Waals surface area contributed by atoms with Gasteiger partial charge in [-0.2, -0.15) is 0 Å². The molecule has 0 radical (unpaired) electrons. The number of aliphatic carboxylic acids is 2. The van der Waals surface area contributed by atoms with Crippen molar-refractivity contribution in [2.45, 2.75) is 25.0 Å². The van der Waals surface area contributed by atoms with E-state index in [1.807, 2.05) is 24.3 Å². The number of pyridine rings is 1. The number of carboxylic acid groups (broad SMARTS) is 2. The lowest BCUT2D eigenvalue weighted by Gasteiger charge is -2.33. The molecule has 1 saturated heterocycles. The fourth-order valence-corrected chi connectivity index (χ4v) is 3.96. The zero-order valence-electron chi connectivity index (χ0n) is 20.2. The number of aliphatic hydroxyl groups excluding tert-OH is 1. The number of β-amino-alcohol motifs (C(OH)–C–C–N with tert-alkyl or cyclic N) is 1. The molecule has 1 amide bonds. The highest BCUT2D eigenvalue weighted by molar-refractivity contribution is 6.27. The third kappa shape index (κ3) is 8.16. The number of rotatable bonds is 7. The molecule has 0 unspecified atom stereocenters. The monoisotopic (exact) mass is 511 g/mol. The van der Waals surface area contributed by atoms with Gasteiger partial charge in [-0.15, -0.1) is 0 Å². The highest BCUT2D eigenvalue weighted by Gasteiger charge is 2.23. The van der Waals surface area contributed by atoms with Crippen molar-refractivity contribution in [2.24, 2.45) is 0 Å². The van der Waals surface area contributed by atoms with E-state index in [1.54, 1.807) is 37.8 Å². The van der Waals surface area contributed by atoms with Crippen molar-refractivity contribution in [3.8, 4) is 5.75 Å². The second-order valence-corrected chi connectivity index (χ2v) is 8.34. The van der Waals surface area contributed by atoms with Gasteiger partial charge in [0, 0.05) is 43.3 Å². The summed E-state index contributed by atoms with van der Waals surface area (Å²) in [4.78, 5) is 36.9. The average Bonchev–Trinajstić information content (AvgIpc) is 3.42. The largest absolute Gasteiger partial charge is 0.497 e. The van der Waals surface area contributed by atoms with Crippen molar-refractivity contribution in [2.75, 3.05) is 26.7 Å². The summed E-state index contributed by atoms with van der Waals surface area (Å²) in [5.41, 5.74) is 1.68. The van der Waals surface area contributed by atoms with Crippen LogP contribution in [0.2, 0.25) is 0 Å². The van der Waals surface area contributed by atoms with E-state index >= 15 is 0 Å². The summed E-state index contributed by atoms with van der Waals surface area (Å²) in [6, 6.07) is 11.3. The van der Waals surface area contributed by atoms with E-state index in [2.05, 4.69) is 15.2 Å². The molecule has 2 aromatic heterocycles. The summed E-state index contributed by atoms with van der Waals surface area (Å²) in [7, 11) is 1.63. The van der Waals surface area contributed by atoms with Crippen LogP contribution in [0.15, 0.2) is 59.4 Å². The molecule has 1 aliphatic heterocycles. The number of carboxylic acids is 2. The number of piperidine rings is 1. The van der Waals surface area contributed by atoms with Crippen LogP contribution < -0.4 is 10.1 Å². The first-order valence-electron chi connectivity index (χ1n) is 11.6. The molecule has 11 nitrogen and oxygen atoms in total. The molecule has 0 bridgehead atoms. The maximum atomic E-state index is 12.1. The van der Waals surface area contributed by atoms with Crippen LogP contribution in [0.25, 0.3) is 17.0 Å². The number of carbonyl (C=O) groups excluding carboxylic acids is 1. The predicted octanol–water partition coefficient (Wildman–Crippen LogP) is 2.32. The second-order valence-electron chi connectivity index (χ2n) is 8.34. The average molecular weight is 512 g/mol. The molecule has 0 saturated carbocycles. The van der Waals surface area contributed by atoms with Crippen LogP contribution in [0.3, 0.4) is 0 Å². The Morgan fingerprint density at radius 1 is 1.19 bits per heavy atom. The number of methoxy groups -OCH3 is 1. The quantitative estimate of drug-likeness (QED) is 0.273. The number of fused-ring (bicyclic) bond motifs is 1. The van der Waals surface area contributed by atoms with Crippen LogP contribution in [-0.4, -0.2) is 75.8 Å². The molecule has 3 heterocycles. The molecule has 4 rings (SSSR count). The van der Waals surface area contributed by atoms with Crippen molar-refractivity contribution >= 4 is 34.8 Å². The van der Waals surface area contributed by atoms with E-state index in [-0.39, 0.29) is 11.9 Å². The van der Waals surface area contributed by atoms with Gasteiger partial charge >= 0.3 is 11.9 Å². The Labute approximate surface area is 213 Å². The zero-order chi connectivity index (χ0) is 26.8. The van der Waals surface area contributed by atoms with E-state index in [1.165, 1.54) is 6.08 Å². The normalized spacial score (nSPS) is 15.1. The highest BCUT2D eigenvalue weighted by Crippen LogP contribution is 2.27. The standard InChI is InChI=1S/C24H27N3O4.C2H2O4/c1-30-19-4-6-22-21(15-19)20(8-11-25-22)23(28)16-27-12-9-17(10-13-27)26-24(29)7-5-18-3-2-14-31-18;3-1(4)2(5)6/h2-8,11,14-15,17,23,28H,9-10,12-13,16H2,1H3,(H,26,29);(H,3,4)(H,5,6)/t23-;/m0./s1. The number of likely N-dealkylation sites (tertiary alicyclic amines) is 1. The Morgan fingerprint density at radius 2 is 1.92 bits per heavy atom. The third-order valence-corrected chi connectivity index (χ3v) is 5.83. The van der Waals surface area contributed by atoms with Crippen LogP contribution in [-0.2, 0) is 14.4 Å². The lowest BCUT2D eigenvalue weighted by Crippen LogP contribution is -2.45. The number of carbonyl (C=O) groups is 3. The fourth-order valence-electron chi connectivity index (χ4n) is 3.96. The van der Waals surface area contributed by atoms with E-state index in [0.29, 0.717) is 12.3 Å². The van der Waals surface area contributed by atoms with Crippen LogP contribution in [0.5, 0.6) is 5.75 Å². The van der Waals surface area contributed by atoms with Gasteiger partial charge < -0.3 is 34.7 Å². The maximum absolute atomic E-state index is 12.1. The summed E-state index contributed by atoms with van der Waals surface area (Å²) in [5, 5.41) is 29.6. The van der Waals surface area contributed by atoms with Crippen molar-refractivity contribution in [1.29, 1.82) is 0 Å². The summed E-state index contributed by atoms with van der Waals surface area (Å²) < 4.78 is 10.5.